The van der Waals surface area contributed by atoms with E-state index in [0.717, 1.165) is 4.31 Å². The molecule has 0 spiro atoms. The van der Waals surface area contributed by atoms with Crippen molar-refractivity contribution in [1.82, 2.24) is 14.2 Å². The first-order chi connectivity index (χ1) is 7.56. The van der Waals surface area contributed by atoms with Gasteiger partial charge in [0.1, 0.15) is 0 Å². The van der Waals surface area contributed by atoms with E-state index >= 15 is 0 Å². The van der Waals surface area contributed by atoms with Crippen LogP contribution in [0, 0.1) is 0 Å². The van der Waals surface area contributed by atoms with E-state index in [0.29, 0.717) is 12.2 Å². The first-order valence-electron chi connectivity index (χ1n) is 4.77. The maximum absolute atomic E-state index is 11.6. The van der Waals surface area contributed by atoms with Crippen LogP contribution in [-0.2, 0) is 16.8 Å². The first-order valence-corrected chi connectivity index (χ1v) is 6.21. The second-order valence-corrected chi connectivity index (χ2v) is 5.07. The van der Waals surface area contributed by atoms with Crippen molar-refractivity contribution in [2.75, 3.05) is 20.2 Å². The molecule has 0 aliphatic rings. The molecule has 1 aromatic heterocycles. The molecule has 1 heterocycles. The van der Waals surface area contributed by atoms with Crippen molar-refractivity contribution < 1.29 is 18.0 Å². The molecular formula is C8H15N3O4S. The Morgan fingerprint density at radius 1 is 1.62 bits per heavy atom. The van der Waals surface area contributed by atoms with E-state index in [-0.39, 0.29) is 19.7 Å². The van der Waals surface area contributed by atoms with Crippen molar-refractivity contribution in [3.63, 3.8) is 0 Å². The minimum Gasteiger partial charge on any atom is -0.396 e. The number of nitrogens with zero attached hydrogens (tertiary/aromatic N) is 2. The number of aromatic nitrogens is 1. The van der Waals surface area contributed by atoms with Gasteiger partial charge in [-0.3, -0.25) is 0 Å². The molecule has 8 heteroatoms. The molecular weight excluding hydrogens is 234 g/mol. The third-order valence-electron chi connectivity index (χ3n) is 1.96. The molecule has 92 valence electrons. The summed E-state index contributed by atoms with van der Waals surface area (Å²) < 4.78 is 31.5. The molecule has 0 aromatic carbocycles. The van der Waals surface area contributed by atoms with Crippen LogP contribution in [0.3, 0.4) is 0 Å². The maximum Gasteiger partial charge on any atom is 0.279 e. The second kappa shape index (κ2) is 5.94. The molecule has 1 rings (SSSR count). The lowest BCUT2D eigenvalue weighted by Crippen LogP contribution is -2.38. The first kappa shape index (κ1) is 13.1. The van der Waals surface area contributed by atoms with Crippen molar-refractivity contribution in [3.8, 4) is 0 Å². The average Bonchev–Trinajstić information content (AvgIpc) is 2.76. The fourth-order valence-corrected chi connectivity index (χ4v) is 1.93. The lowest BCUT2D eigenvalue weighted by atomic mass is 10.5. The number of aliphatic hydroxyl groups is 1. The summed E-state index contributed by atoms with van der Waals surface area (Å²) in [5.41, 5.74) is 0. The number of aliphatic hydroxyl groups excluding tert-OH is 1. The van der Waals surface area contributed by atoms with E-state index in [1.54, 1.807) is 6.07 Å². The minimum absolute atomic E-state index is 0.0397. The highest BCUT2D eigenvalue weighted by molar-refractivity contribution is 7.87. The Balaban J connectivity index is 2.45. The monoisotopic (exact) mass is 249 g/mol. The Bertz CT molecular complexity index is 389. The fraction of sp³-hybridized carbons (Fsp3) is 0.625. The SMILES string of the molecule is CN(CCCO)S(=O)(=O)NCc1ccno1. The van der Waals surface area contributed by atoms with Gasteiger partial charge in [-0.25, -0.2) is 0 Å². The Labute approximate surface area is 94.2 Å². The van der Waals surface area contributed by atoms with Crippen molar-refractivity contribution in [2.45, 2.75) is 13.0 Å². The van der Waals surface area contributed by atoms with Gasteiger partial charge in [0.2, 0.25) is 0 Å². The van der Waals surface area contributed by atoms with Gasteiger partial charge in [-0.2, -0.15) is 17.4 Å². The maximum atomic E-state index is 11.6. The predicted molar refractivity (Wildman–Crippen MR) is 56.6 cm³/mol. The highest BCUT2D eigenvalue weighted by Gasteiger charge is 2.16. The molecule has 1 aromatic rings. The van der Waals surface area contributed by atoms with Crippen LogP contribution in [0.1, 0.15) is 12.2 Å². The van der Waals surface area contributed by atoms with E-state index in [4.69, 9.17) is 9.63 Å². The molecule has 16 heavy (non-hydrogen) atoms. The van der Waals surface area contributed by atoms with Crippen molar-refractivity contribution in [3.05, 3.63) is 18.0 Å². The van der Waals surface area contributed by atoms with Crippen molar-refractivity contribution in [2.24, 2.45) is 0 Å². The topological polar surface area (TPSA) is 95.7 Å². The van der Waals surface area contributed by atoms with Gasteiger partial charge in [0.25, 0.3) is 10.2 Å². The third kappa shape index (κ3) is 3.89. The summed E-state index contributed by atoms with van der Waals surface area (Å²) >= 11 is 0. The molecule has 0 amide bonds. The molecule has 0 saturated heterocycles. The Kier molecular flexibility index (Phi) is 4.87. The predicted octanol–water partition coefficient (Wildman–Crippen LogP) is -0.677. The summed E-state index contributed by atoms with van der Waals surface area (Å²) in [5.74, 6) is 0.444. The van der Waals surface area contributed by atoms with Crippen LogP contribution in [0.5, 0.6) is 0 Å². The zero-order valence-corrected chi connectivity index (χ0v) is 9.77. The van der Waals surface area contributed by atoms with E-state index in [1.807, 2.05) is 0 Å². The van der Waals surface area contributed by atoms with Crippen LogP contribution < -0.4 is 4.72 Å². The van der Waals surface area contributed by atoms with Crippen LogP contribution in [0.4, 0.5) is 0 Å². The van der Waals surface area contributed by atoms with Gasteiger partial charge in [0, 0.05) is 26.3 Å². The van der Waals surface area contributed by atoms with E-state index in [1.165, 1.54) is 13.2 Å². The van der Waals surface area contributed by atoms with Gasteiger partial charge in [-0.05, 0) is 6.42 Å². The highest BCUT2D eigenvalue weighted by Crippen LogP contribution is 2.00. The molecule has 0 atom stereocenters. The van der Waals surface area contributed by atoms with Gasteiger partial charge in [0.15, 0.2) is 5.76 Å². The zero-order chi connectivity index (χ0) is 12.0. The summed E-state index contributed by atoms with van der Waals surface area (Å²) in [6.07, 6.45) is 1.85. The van der Waals surface area contributed by atoms with E-state index in [9.17, 15) is 8.42 Å². The average molecular weight is 249 g/mol. The standard InChI is InChI=1S/C8H15N3O4S/c1-11(5-2-6-12)16(13,14)10-7-8-3-4-9-15-8/h3-4,10,12H,2,5-7H2,1H3. The molecule has 7 nitrogen and oxygen atoms in total. The molecule has 0 aliphatic heterocycles. The smallest absolute Gasteiger partial charge is 0.279 e. The second-order valence-electron chi connectivity index (χ2n) is 3.20. The highest BCUT2D eigenvalue weighted by atomic mass is 32.2. The summed E-state index contributed by atoms with van der Waals surface area (Å²) in [7, 11) is -2.08. The molecule has 0 fully saturated rings. The van der Waals surface area contributed by atoms with Crippen molar-refractivity contribution >= 4 is 10.2 Å². The fourth-order valence-electron chi connectivity index (χ4n) is 1.02. The molecule has 0 radical (unpaired) electrons. The van der Waals surface area contributed by atoms with Crippen LogP contribution >= 0.6 is 0 Å². The third-order valence-corrected chi connectivity index (χ3v) is 3.47. The van der Waals surface area contributed by atoms with Crippen LogP contribution in [-0.4, -0.2) is 43.2 Å². The molecule has 0 saturated carbocycles. The Morgan fingerprint density at radius 3 is 2.94 bits per heavy atom. The number of nitrogens with one attached hydrogen (secondary N) is 1. The van der Waals surface area contributed by atoms with Gasteiger partial charge >= 0.3 is 0 Å². The summed E-state index contributed by atoms with van der Waals surface area (Å²) in [4.78, 5) is 0. The van der Waals surface area contributed by atoms with E-state index in [2.05, 4.69) is 9.88 Å². The lowest BCUT2D eigenvalue weighted by molar-refractivity contribution is 0.275. The van der Waals surface area contributed by atoms with Crippen molar-refractivity contribution in [1.29, 1.82) is 0 Å². The van der Waals surface area contributed by atoms with Crippen LogP contribution in [0.2, 0.25) is 0 Å². The quantitative estimate of drug-likeness (QED) is 0.667. The normalized spacial score (nSPS) is 12.2. The zero-order valence-electron chi connectivity index (χ0n) is 8.96. The number of hydrogen-bond acceptors (Lipinski definition) is 5. The number of hydrogen-bond donors (Lipinski definition) is 2. The summed E-state index contributed by atoms with van der Waals surface area (Å²) in [6.45, 7) is 0.288. The van der Waals surface area contributed by atoms with E-state index < -0.39 is 10.2 Å². The largest absolute Gasteiger partial charge is 0.396 e. The molecule has 0 aliphatic carbocycles. The van der Waals surface area contributed by atoms with Gasteiger partial charge < -0.3 is 9.63 Å². The summed E-state index contributed by atoms with van der Waals surface area (Å²) in [6, 6.07) is 1.58. The van der Waals surface area contributed by atoms with Crippen LogP contribution in [0.15, 0.2) is 16.8 Å². The van der Waals surface area contributed by atoms with Gasteiger partial charge in [0.05, 0.1) is 12.7 Å². The molecule has 0 unspecified atom stereocenters. The summed E-state index contributed by atoms with van der Waals surface area (Å²) in [5, 5.41) is 12.1. The van der Waals surface area contributed by atoms with Gasteiger partial charge in [-0.1, -0.05) is 5.16 Å². The Hall–Kier alpha value is -0.960. The van der Waals surface area contributed by atoms with Crippen LogP contribution in [0.25, 0.3) is 0 Å². The Morgan fingerprint density at radius 2 is 2.38 bits per heavy atom. The lowest BCUT2D eigenvalue weighted by Gasteiger charge is -2.16. The minimum atomic E-state index is -3.52. The molecule has 2 N–H and O–H groups in total. The van der Waals surface area contributed by atoms with Gasteiger partial charge in [-0.15, -0.1) is 0 Å². The molecule has 0 bridgehead atoms. The number of rotatable bonds is 7.